The van der Waals surface area contributed by atoms with E-state index in [0.29, 0.717) is 5.25 Å². The lowest BCUT2D eigenvalue weighted by Gasteiger charge is -2.21. The average Bonchev–Trinajstić information content (AvgIpc) is 2.15. The number of rotatable bonds is 6. The molecule has 0 radical (unpaired) electrons. The Labute approximate surface area is 92.2 Å². The molecule has 2 atom stereocenters. The summed E-state index contributed by atoms with van der Waals surface area (Å²) in [6, 6.07) is 0. The third-order valence-corrected chi connectivity index (χ3v) is 4.14. The number of hydrogen-bond acceptors (Lipinski definition) is 2. The minimum absolute atomic E-state index is 0.681. The van der Waals surface area contributed by atoms with Gasteiger partial charge in [0.2, 0.25) is 0 Å². The SMILES string of the molecule is C=CC(=S)SC(CCC)[C@H](C)CC. The lowest BCUT2D eigenvalue weighted by Crippen LogP contribution is -2.14. The summed E-state index contributed by atoms with van der Waals surface area (Å²) >= 11 is 6.97. The van der Waals surface area contributed by atoms with Crippen molar-refractivity contribution >= 4 is 28.2 Å². The molecule has 0 fully saturated rings. The molecular formula is C11H20S2. The zero-order valence-electron chi connectivity index (χ0n) is 8.88. The fourth-order valence-electron chi connectivity index (χ4n) is 1.20. The van der Waals surface area contributed by atoms with Crippen LogP contribution in [0.5, 0.6) is 0 Å². The summed E-state index contributed by atoms with van der Waals surface area (Å²) in [4.78, 5) is 0. The van der Waals surface area contributed by atoms with Crippen LogP contribution in [0.25, 0.3) is 0 Å². The van der Waals surface area contributed by atoms with Crippen LogP contribution in [0.15, 0.2) is 12.7 Å². The first-order chi connectivity index (χ1) is 6.15. The summed E-state index contributed by atoms with van der Waals surface area (Å²) in [5.41, 5.74) is 0. The third-order valence-electron chi connectivity index (χ3n) is 2.29. The molecule has 0 aromatic rings. The smallest absolute Gasteiger partial charge is 0.0702 e. The highest BCUT2D eigenvalue weighted by molar-refractivity contribution is 8.24. The van der Waals surface area contributed by atoms with Crippen LogP contribution in [-0.4, -0.2) is 9.45 Å². The van der Waals surface area contributed by atoms with Gasteiger partial charge in [0.25, 0.3) is 0 Å². The van der Waals surface area contributed by atoms with E-state index < -0.39 is 0 Å². The van der Waals surface area contributed by atoms with Crippen molar-refractivity contribution in [2.24, 2.45) is 5.92 Å². The number of hydrogen-bond donors (Lipinski definition) is 0. The van der Waals surface area contributed by atoms with E-state index in [4.69, 9.17) is 12.2 Å². The Morgan fingerprint density at radius 1 is 1.54 bits per heavy atom. The molecule has 0 aliphatic heterocycles. The molecular weight excluding hydrogens is 196 g/mol. The van der Waals surface area contributed by atoms with Crippen LogP contribution in [0.4, 0.5) is 0 Å². The molecule has 0 amide bonds. The molecule has 1 unspecified atom stereocenters. The Kier molecular flexibility index (Phi) is 7.68. The molecule has 0 aliphatic rings. The predicted molar refractivity (Wildman–Crippen MR) is 68.5 cm³/mol. The average molecular weight is 216 g/mol. The Hall–Kier alpha value is 0.180. The van der Waals surface area contributed by atoms with Gasteiger partial charge in [-0.25, -0.2) is 0 Å². The van der Waals surface area contributed by atoms with Gasteiger partial charge in [-0.15, -0.1) is 11.8 Å². The van der Waals surface area contributed by atoms with Gasteiger partial charge in [0.05, 0.1) is 4.20 Å². The first-order valence-electron chi connectivity index (χ1n) is 4.98. The summed E-state index contributed by atoms with van der Waals surface area (Å²) in [6.45, 7) is 10.5. The molecule has 76 valence electrons. The Balaban J connectivity index is 4.07. The minimum atomic E-state index is 0.681. The summed E-state index contributed by atoms with van der Waals surface area (Å²) in [5, 5.41) is 0.681. The van der Waals surface area contributed by atoms with Crippen LogP contribution in [0.1, 0.15) is 40.0 Å². The highest BCUT2D eigenvalue weighted by atomic mass is 32.2. The number of thioether (sulfide) groups is 1. The van der Waals surface area contributed by atoms with Crippen LogP contribution in [0, 0.1) is 5.92 Å². The van der Waals surface area contributed by atoms with Crippen molar-refractivity contribution in [2.45, 2.75) is 45.3 Å². The molecule has 0 aromatic heterocycles. The van der Waals surface area contributed by atoms with Gasteiger partial charge in [-0.2, -0.15) is 0 Å². The monoisotopic (exact) mass is 216 g/mol. The highest BCUT2D eigenvalue weighted by Crippen LogP contribution is 2.27. The molecule has 0 saturated heterocycles. The summed E-state index contributed by atoms with van der Waals surface area (Å²) < 4.78 is 0.943. The lowest BCUT2D eigenvalue weighted by molar-refractivity contribution is 0.508. The summed E-state index contributed by atoms with van der Waals surface area (Å²) in [7, 11) is 0. The Morgan fingerprint density at radius 2 is 2.15 bits per heavy atom. The van der Waals surface area contributed by atoms with Crippen molar-refractivity contribution in [3.05, 3.63) is 12.7 Å². The Bertz CT molecular complexity index is 163. The third kappa shape index (κ3) is 5.48. The van der Waals surface area contributed by atoms with E-state index in [-0.39, 0.29) is 0 Å². The minimum Gasteiger partial charge on any atom is -0.111 e. The van der Waals surface area contributed by atoms with Gasteiger partial charge >= 0.3 is 0 Å². The molecule has 0 heterocycles. The summed E-state index contributed by atoms with van der Waals surface area (Å²) in [5.74, 6) is 0.753. The maximum Gasteiger partial charge on any atom is 0.0702 e. The van der Waals surface area contributed by atoms with Crippen molar-refractivity contribution in [2.75, 3.05) is 0 Å². The largest absolute Gasteiger partial charge is 0.111 e. The second-order valence-corrected chi connectivity index (χ2v) is 5.33. The molecule has 0 N–H and O–H groups in total. The van der Waals surface area contributed by atoms with Gasteiger partial charge in [0, 0.05) is 5.25 Å². The topological polar surface area (TPSA) is 0 Å². The second-order valence-electron chi connectivity index (χ2n) is 3.35. The van der Waals surface area contributed by atoms with Gasteiger partial charge in [0.15, 0.2) is 0 Å². The molecule has 0 aromatic carbocycles. The lowest BCUT2D eigenvalue weighted by atomic mass is 10.0. The molecule has 13 heavy (non-hydrogen) atoms. The van der Waals surface area contributed by atoms with E-state index in [1.54, 1.807) is 6.08 Å². The van der Waals surface area contributed by atoms with Gasteiger partial charge < -0.3 is 0 Å². The van der Waals surface area contributed by atoms with Crippen molar-refractivity contribution < 1.29 is 0 Å². The van der Waals surface area contributed by atoms with E-state index in [9.17, 15) is 0 Å². The van der Waals surface area contributed by atoms with E-state index in [1.807, 2.05) is 11.8 Å². The van der Waals surface area contributed by atoms with Crippen molar-refractivity contribution in [1.82, 2.24) is 0 Å². The second kappa shape index (κ2) is 7.57. The van der Waals surface area contributed by atoms with Gasteiger partial charge in [-0.05, 0) is 18.4 Å². The van der Waals surface area contributed by atoms with Crippen LogP contribution < -0.4 is 0 Å². The molecule has 0 rings (SSSR count). The Morgan fingerprint density at radius 3 is 2.54 bits per heavy atom. The molecule has 2 heteroatoms. The summed E-state index contributed by atoms with van der Waals surface area (Å²) in [6.07, 6.45) is 5.51. The van der Waals surface area contributed by atoms with E-state index in [0.717, 1.165) is 10.1 Å². The van der Waals surface area contributed by atoms with Crippen LogP contribution in [-0.2, 0) is 0 Å². The maximum absolute atomic E-state index is 5.16. The van der Waals surface area contributed by atoms with Crippen LogP contribution >= 0.6 is 24.0 Å². The van der Waals surface area contributed by atoms with Crippen molar-refractivity contribution in [3.8, 4) is 0 Å². The molecule has 0 aliphatic carbocycles. The van der Waals surface area contributed by atoms with Gasteiger partial charge in [0.1, 0.15) is 0 Å². The van der Waals surface area contributed by atoms with Crippen molar-refractivity contribution in [1.29, 1.82) is 0 Å². The zero-order valence-corrected chi connectivity index (χ0v) is 10.5. The zero-order chi connectivity index (χ0) is 10.3. The standard InChI is InChI=1S/C11H20S2/c1-5-8-10(9(4)6-2)13-11(12)7-3/h7,9-10H,3,5-6,8H2,1-2,4H3/t9-,10?/m1/s1. The van der Waals surface area contributed by atoms with Crippen LogP contribution in [0.3, 0.4) is 0 Å². The first kappa shape index (κ1) is 13.2. The van der Waals surface area contributed by atoms with E-state index in [1.165, 1.54) is 19.3 Å². The normalized spacial score (nSPS) is 15.0. The van der Waals surface area contributed by atoms with Crippen molar-refractivity contribution in [3.63, 3.8) is 0 Å². The molecule has 0 nitrogen and oxygen atoms in total. The first-order valence-corrected chi connectivity index (χ1v) is 6.27. The van der Waals surface area contributed by atoms with E-state index >= 15 is 0 Å². The fraction of sp³-hybridized carbons (Fsp3) is 0.727. The highest BCUT2D eigenvalue weighted by Gasteiger charge is 2.16. The molecule has 0 spiro atoms. The van der Waals surface area contributed by atoms with Gasteiger partial charge in [-0.3, -0.25) is 0 Å². The fourth-order valence-corrected chi connectivity index (χ4v) is 2.75. The quantitative estimate of drug-likeness (QED) is 0.475. The number of thiocarbonyl (C=S) groups is 1. The van der Waals surface area contributed by atoms with Gasteiger partial charge in [-0.1, -0.05) is 52.4 Å². The molecule has 0 saturated carbocycles. The maximum atomic E-state index is 5.16. The van der Waals surface area contributed by atoms with Crippen LogP contribution in [0.2, 0.25) is 0 Å². The predicted octanol–water partition coefficient (Wildman–Crippen LogP) is 4.45. The molecule has 0 bridgehead atoms. The van der Waals surface area contributed by atoms with E-state index in [2.05, 4.69) is 27.4 Å².